The van der Waals surface area contributed by atoms with Crippen LogP contribution in [0.4, 0.5) is 5.82 Å². The Labute approximate surface area is 150 Å². The molecule has 0 fully saturated rings. The van der Waals surface area contributed by atoms with Crippen molar-refractivity contribution in [3.63, 3.8) is 0 Å². The molecule has 0 aliphatic carbocycles. The number of carbonyl (C=O) groups is 1. The molecule has 0 radical (unpaired) electrons. The summed E-state index contributed by atoms with van der Waals surface area (Å²) in [4.78, 5) is 12.3. The van der Waals surface area contributed by atoms with E-state index in [0.717, 1.165) is 22.6 Å². The second-order valence-corrected chi connectivity index (χ2v) is 6.35. The number of nitrogens with one attached hydrogen (secondary N) is 1. The van der Waals surface area contributed by atoms with Gasteiger partial charge in [0.2, 0.25) is 5.91 Å². The van der Waals surface area contributed by atoms with Crippen LogP contribution in [0.3, 0.4) is 0 Å². The molecule has 0 saturated carbocycles. The average molecular weight is 354 g/mol. The number of methoxy groups -OCH3 is 1. The molecular weight excluding hydrogens is 338 g/mol. The van der Waals surface area contributed by atoms with Crippen LogP contribution in [0.15, 0.2) is 54.7 Å². The molecule has 3 aromatic rings. The smallest absolute Gasteiger partial charge is 0.226 e. The first-order chi connectivity index (χ1) is 12.2. The predicted molar refractivity (Wildman–Crippen MR) is 96.7 cm³/mol. The fourth-order valence-electron chi connectivity index (χ4n) is 3.16. The van der Waals surface area contributed by atoms with Gasteiger partial charge in [-0.1, -0.05) is 29.8 Å². The van der Waals surface area contributed by atoms with E-state index in [1.54, 1.807) is 17.9 Å². The van der Waals surface area contributed by atoms with Crippen molar-refractivity contribution in [1.29, 1.82) is 0 Å². The molecule has 5 nitrogen and oxygen atoms in total. The van der Waals surface area contributed by atoms with Gasteiger partial charge < -0.3 is 10.1 Å². The van der Waals surface area contributed by atoms with Crippen molar-refractivity contribution in [2.75, 3.05) is 12.4 Å². The lowest BCUT2D eigenvalue weighted by molar-refractivity contribution is -0.116. The molecule has 2 heterocycles. The molecule has 25 heavy (non-hydrogen) atoms. The van der Waals surface area contributed by atoms with Crippen molar-refractivity contribution in [2.45, 2.75) is 12.3 Å². The number of fused-ring (bicyclic) bond motifs is 1. The summed E-state index contributed by atoms with van der Waals surface area (Å²) in [5, 5.41) is 8.04. The number of hydrogen-bond donors (Lipinski definition) is 1. The van der Waals surface area contributed by atoms with Gasteiger partial charge in [0.05, 0.1) is 19.0 Å². The highest BCUT2D eigenvalue weighted by molar-refractivity contribution is 6.30. The van der Waals surface area contributed by atoms with Gasteiger partial charge in [0.25, 0.3) is 0 Å². The zero-order chi connectivity index (χ0) is 17.4. The van der Waals surface area contributed by atoms with Crippen LogP contribution in [0.2, 0.25) is 5.02 Å². The lowest BCUT2D eigenvalue weighted by Gasteiger charge is -2.24. The molecule has 1 N–H and O–H groups in total. The highest BCUT2D eigenvalue weighted by Crippen LogP contribution is 2.38. The van der Waals surface area contributed by atoms with Gasteiger partial charge in [-0.3, -0.25) is 4.79 Å². The first-order valence-electron chi connectivity index (χ1n) is 7.93. The van der Waals surface area contributed by atoms with E-state index in [0.29, 0.717) is 17.3 Å². The topological polar surface area (TPSA) is 56.1 Å². The predicted octanol–water partition coefficient (Wildman–Crippen LogP) is 4.01. The van der Waals surface area contributed by atoms with Gasteiger partial charge in [0.15, 0.2) is 0 Å². The number of ether oxygens (including phenoxy) is 1. The zero-order valence-corrected chi connectivity index (χ0v) is 14.3. The number of anilines is 1. The maximum Gasteiger partial charge on any atom is 0.226 e. The van der Waals surface area contributed by atoms with Crippen molar-refractivity contribution < 1.29 is 9.53 Å². The summed E-state index contributed by atoms with van der Waals surface area (Å²) in [5.74, 6) is 1.41. The van der Waals surface area contributed by atoms with Crippen molar-refractivity contribution >= 4 is 23.3 Å². The van der Waals surface area contributed by atoms with Gasteiger partial charge >= 0.3 is 0 Å². The van der Waals surface area contributed by atoms with Crippen molar-refractivity contribution in [1.82, 2.24) is 9.78 Å². The Morgan fingerprint density at radius 2 is 2.04 bits per heavy atom. The summed E-state index contributed by atoms with van der Waals surface area (Å²) in [7, 11) is 1.64. The van der Waals surface area contributed by atoms with Gasteiger partial charge in [-0.2, -0.15) is 5.10 Å². The normalized spacial score (nSPS) is 16.2. The van der Waals surface area contributed by atoms with Gasteiger partial charge in [-0.05, 0) is 35.9 Å². The monoisotopic (exact) mass is 353 g/mol. The summed E-state index contributed by atoms with van der Waals surface area (Å²) in [6.45, 7) is 0. The summed E-state index contributed by atoms with van der Waals surface area (Å²) in [6, 6.07) is 15.2. The number of amides is 1. The van der Waals surface area contributed by atoms with Crippen LogP contribution in [0.25, 0.3) is 5.69 Å². The third-order valence-electron chi connectivity index (χ3n) is 4.39. The average Bonchev–Trinajstić information content (AvgIpc) is 3.05. The molecular formula is C19H16ClN3O2. The molecule has 0 unspecified atom stereocenters. The molecule has 2 aromatic carbocycles. The molecule has 0 saturated heterocycles. The highest BCUT2D eigenvalue weighted by atomic mass is 35.5. The molecule has 126 valence electrons. The lowest BCUT2D eigenvalue weighted by Crippen LogP contribution is -2.24. The molecule has 1 atom stereocenters. The number of aromatic nitrogens is 2. The third kappa shape index (κ3) is 2.87. The first-order valence-corrected chi connectivity index (χ1v) is 8.31. The Hall–Kier alpha value is -2.79. The summed E-state index contributed by atoms with van der Waals surface area (Å²) in [6.07, 6.45) is 2.20. The lowest BCUT2D eigenvalue weighted by atomic mass is 9.87. The minimum absolute atomic E-state index is 0.0305. The van der Waals surface area contributed by atoms with Gasteiger partial charge in [-0.15, -0.1) is 0 Å². The second-order valence-electron chi connectivity index (χ2n) is 5.92. The van der Waals surface area contributed by atoms with Crippen LogP contribution in [0, 0.1) is 0 Å². The number of rotatable bonds is 3. The summed E-state index contributed by atoms with van der Waals surface area (Å²) < 4.78 is 6.93. The van der Waals surface area contributed by atoms with Crippen molar-refractivity contribution in [2.24, 2.45) is 0 Å². The first kappa shape index (κ1) is 15.7. The number of benzene rings is 2. The molecule has 6 heteroatoms. The SMILES string of the molecule is COc1ccc([C@H]2CC(=O)Nc3c2cnn3-c2cccc(Cl)c2)cc1. The van der Waals surface area contributed by atoms with E-state index < -0.39 is 0 Å². The van der Waals surface area contributed by atoms with E-state index in [2.05, 4.69) is 10.4 Å². The number of hydrogen-bond acceptors (Lipinski definition) is 3. The number of carbonyl (C=O) groups excluding carboxylic acids is 1. The van der Waals surface area contributed by atoms with E-state index >= 15 is 0 Å². The fourth-order valence-corrected chi connectivity index (χ4v) is 3.34. The standard InChI is InChI=1S/C19H16ClN3O2/c1-25-15-7-5-12(6-8-15)16-10-18(24)22-19-17(16)11-21-23(19)14-4-2-3-13(20)9-14/h2-9,11,16H,10H2,1H3,(H,22,24)/t16-/m1/s1. The number of nitrogens with zero attached hydrogens (tertiary/aromatic N) is 2. The second kappa shape index (κ2) is 6.26. The van der Waals surface area contributed by atoms with Crippen LogP contribution in [-0.2, 0) is 4.79 Å². The van der Waals surface area contributed by atoms with Gasteiger partial charge in [-0.25, -0.2) is 4.68 Å². The van der Waals surface area contributed by atoms with E-state index in [1.807, 2.05) is 48.7 Å². The van der Waals surface area contributed by atoms with E-state index in [-0.39, 0.29) is 11.8 Å². The minimum atomic E-state index is -0.0393. The maximum atomic E-state index is 12.3. The van der Waals surface area contributed by atoms with Gasteiger partial charge in [0, 0.05) is 22.9 Å². The van der Waals surface area contributed by atoms with Crippen LogP contribution in [0.1, 0.15) is 23.5 Å². The van der Waals surface area contributed by atoms with E-state index in [4.69, 9.17) is 16.3 Å². The Kier molecular flexibility index (Phi) is 3.93. The van der Waals surface area contributed by atoms with Crippen molar-refractivity contribution in [3.8, 4) is 11.4 Å². The molecule has 0 spiro atoms. The summed E-state index contributed by atoms with van der Waals surface area (Å²) >= 11 is 6.09. The van der Waals surface area contributed by atoms with Crippen LogP contribution in [0.5, 0.6) is 5.75 Å². The minimum Gasteiger partial charge on any atom is -0.497 e. The van der Waals surface area contributed by atoms with Crippen molar-refractivity contribution in [3.05, 3.63) is 70.9 Å². The van der Waals surface area contributed by atoms with E-state index in [1.165, 1.54) is 0 Å². The Balaban J connectivity index is 1.78. The fraction of sp³-hybridized carbons (Fsp3) is 0.158. The maximum absolute atomic E-state index is 12.3. The molecule has 0 bridgehead atoms. The largest absolute Gasteiger partial charge is 0.497 e. The molecule has 4 rings (SSSR count). The highest BCUT2D eigenvalue weighted by Gasteiger charge is 2.30. The number of halogens is 1. The van der Waals surface area contributed by atoms with Crippen LogP contribution < -0.4 is 10.1 Å². The summed E-state index contributed by atoms with van der Waals surface area (Å²) in [5.41, 5.74) is 2.86. The molecule has 1 aromatic heterocycles. The molecule has 1 aliphatic rings. The van der Waals surface area contributed by atoms with Crippen LogP contribution >= 0.6 is 11.6 Å². The Bertz CT molecular complexity index is 934. The third-order valence-corrected chi connectivity index (χ3v) is 4.63. The Morgan fingerprint density at radius 1 is 1.24 bits per heavy atom. The quantitative estimate of drug-likeness (QED) is 0.774. The van der Waals surface area contributed by atoms with E-state index in [9.17, 15) is 4.79 Å². The zero-order valence-electron chi connectivity index (χ0n) is 13.6. The molecule has 1 aliphatic heterocycles. The van der Waals surface area contributed by atoms with Gasteiger partial charge in [0.1, 0.15) is 11.6 Å². The molecule has 1 amide bonds. The Morgan fingerprint density at radius 3 is 2.76 bits per heavy atom. The van der Waals surface area contributed by atoms with Crippen LogP contribution in [-0.4, -0.2) is 22.8 Å².